The summed E-state index contributed by atoms with van der Waals surface area (Å²) in [5.74, 6) is -0.689. The first-order chi connectivity index (χ1) is 9.74. The smallest absolute Gasteiger partial charge is 0.335 e. The summed E-state index contributed by atoms with van der Waals surface area (Å²) in [4.78, 5) is 24.5. The summed E-state index contributed by atoms with van der Waals surface area (Å²) >= 11 is 0. The molecule has 0 aromatic rings. The van der Waals surface area contributed by atoms with Crippen LogP contribution in [0, 0.1) is 5.92 Å². The lowest BCUT2D eigenvalue weighted by Gasteiger charge is -2.35. The molecule has 21 heavy (non-hydrogen) atoms. The van der Waals surface area contributed by atoms with E-state index in [1.54, 1.807) is 4.90 Å². The van der Waals surface area contributed by atoms with Gasteiger partial charge in [-0.25, -0.2) is 4.79 Å². The van der Waals surface area contributed by atoms with Crippen LogP contribution in [-0.4, -0.2) is 58.4 Å². The number of ether oxygens (including phenoxy) is 1. The summed E-state index contributed by atoms with van der Waals surface area (Å²) in [7, 11) is 0. The summed E-state index contributed by atoms with van der Waals surface area (Å²) in [6.07, 6.45) is 1.56. The second-order valence-corrected chi connectivity index (χ2v) is 6.28. The van der Waals surface area contributed by atoms with Gasteiger partial charge in [-0.3, -0.25) is 4.79 Å². The highest BCUT2D eigenvalue weighted by Gasteiger charge is 2.40. The lowest BCUT2D eigenvalue weighted by atomic mass is 9.91. The van der Waals surface area contributed by atoms with E-state index in [2.05, 4.69) is 13.8 Å². The van der Waals surface area contributed by atoms with Crippen LogP contribution in [0.2, 0.25) is 0 Å². The Labute approximate surface area is 126 Å². The lowest BCUT2D eigenvalue weighted by molar-refractivity contribution is -0.165. The van der Waals surface area contributed by atoms with Crippen molar-refractivity contribution in [2.24, 2.45) is 5.92 Å². The Kier molecular flexibility index (Phi) is 6.61. The van der Waals surface area contributed by atoms with Gasteiger partial charge in [-0.1, -0.05) is 13.8 Å². The molecule has 2 N–H and O–H groups in total. The quantitative estimate of drug-likeness (QED) is 0.739. The van der Waals surface area contributed by atoms with Gasteiger partial charge in [0.15, 0.2) is 5.60 Å². The average Bonchev–Trinajstić information content (AvgIpc) is 2.38. The summed E-state index contributed by atoms with van der Waals surface area (Å²) in [6, 6.07) is 0. The van der Waals surface area contributed by atoms with Crippen molar-refractivity contribution in [1.82, 2.24) is 4.90 Å². The molecule has 1 saturated heterocycles. The predicted octanol–water partition coefficient (Wildman–Crippen LogP) is 1.27. The van der Waals surface area contributed by atoms with Gasteiger partial charge in [-0.05, 0) is 19.3 Å². The van der Waals surface area contributed by atoms with E-state index in [-0.39, 0.29) is 37.9 Å². The van der Waals surface area contributed by atoms with Crippen molar-refractivity contribution in [3.63, 3.8) is 0 Å². The molecule has 6 nitrogen and oxygen atoms in total. The molecule has 1 amide bonds. The van der Waals surface area contributed by atoms with E-state index in [1.165, 1.54) is 0 Å². The predicted molar refractivity (Wildman–Crippen MR) is 77.9 cm³/mol. The summed E-state index contributed by atoms with van der Waals surface area (Å²) < 4.78 is 5.60. The number of amides is 1. The second-order valence-electron chi connectivity index (χ2n) is 6.28. The minimum absolute atomic E-state index is 0.0424. The van der Waals surface area contributed by atoms with E-state index in [1.807, 2.05) is 6.92 Å². The molecule has 6 heteroatoms. The Morgan fingerprint density at radius 2 is 1.81 bits per heavy atom. The maximum atomic E-state index is 12.0. The maximum absolute atomic E-state index is 12.0. The van der Waals surface area contributed by atoms with E-state index in [9.17, 15) is 14.7 Å². The number of piperidine rings is 1. The van der Waals surface area contributed by atoms with Crippen molar-refractivity contribution >= 4 is 11.9 Å². The molecule has 1 aliphatic heterocycles. The first-order valence-electron chi connectivity index (χ1n) is 7.60. The third-order valence-corrected chi connectivity index (χ3v) is 3.86. The number of aliphatic hydroxyl groups is 1. The molecular weight excluding hydrogens is 274 g/mol. The van der Waals surface area contributed by atoms with Crippen LogP contribution >= 0.6 is 0 Å². The Hall–Kier alpha value is -1.14. The van der Waals surface area contributed by atoms with Gasteiger partial charge in [0, 0.05) is 25.9 Å². The van der Waals surface area contributed by atoms with Crippen molar-refractivity contribution in [3.8, 4) is 0 Å². The summed E-state index contributed by atoms with van der Waals surface area (Å²) in [5.41, 5.74) is -1.68. The van der Waals surface area contributed by atoms with Gasteiger partial charge in [0.05, 0.1) is 19.1 Å². The van der Waals surface area contributed by atoms with Gasteiger partial charge in [0.2, 0.25) is 5.91 Å². The number of rotatable bonds is 7. The molecule has 1 heterocycles. The first kappa shape index (κ1) is 17.9. The number of carboxylic acid groups (broad SMARTS) is 1. The topological polar surface area (TPSA) is 87.1 Å². The van der Waals surface area contributed by atoms with Crippen LogP contribution in [0.25, 0.3) is 0 Å². The molecule has 0 bridgehead atoms. The standard InChI is InChI=1S/C15H27NO5/c1-11(2)10-12(3)21-9-4-13(17)16-7-5-15(20,6-8-16)14(18)19/h11-12,20H,4-10H2,1-3H3,(H,18,19). The van der Waals surface area contributed by atoms with Crippen molar-refractivity contribution in [1.29, 1.82) is 0 Å². The average molecular weight is 301 g/mol. The van der Waals surface area contributed by atoms with E-state index < -0.39 is 11.6 Å². The van der Waals surface area contributed by atoms with Gasteiger partial charge in [0.1, 0.15) is 0 Å². The zero-order chi connectivity index (χ0) is 16.0. The number of carboxylic acids is 1. The van der Waals surface area contributed by atoms with Crippen LogP contribution in [0.5, 0.6) is 0 Å². The lowest BCUT2D eigenvalue weighted by Crippen LogP contribution is -2.51. The van der Waals surface area contributed by atoms with Crippen molar-refractivity contribution < 1.29 is 24.5 Å². The molecule has 122 valence electrons. The Morgan fingerprint density at radius 1 is 1.24 bits per heavy atom. The van der Waals surface area contributed by atoms with Crippen LogP contribution < -0.4 is 0 Å². The SMILES string of the molecule is CC(C)CC(C)OCCC(=O)N1CCC(O)(C(=O)O)CC1. The zero-order valence-electron chi connectivity index (χ0n) is 13.2. The van der Waals surface area contributed by atoms with Crippen LogP contribution in [0.1, 0.15) is 46.5 Å². The number of hydrogen-bond acceptors (Lipinski definition) is 4. The van der Waals surface area contributed by atoms with Gasteiger partial charge < -0.3 is 19.8 Å². The Bertz CT molecular complexity index is 361. The molecule has 1 unspecified atom stereocenters. The molecule has 0 aromatic carbocycles. The van der Waals surface area contributed by atoms with Crippen LogP contribution in [-0.2, 0) is 14.3 Å². The summed E-state index contributed by atoms with van der Waals surface area (Å²) in [6.45, 7) is 7.20. The van der Waals surface area contributed by atoms with Gasteiger partial charge in [-0.15, -0.1) is 0 Å². The van der Waals surface area contributed by atoms with Crippen molar-refractivity contribution in [2.75, 3.05) is 19.7 Å². The molecule has 1 aliphatic rings. The molecular formula is C15H27NO5. The minimum atomic E-state index is -1.68. The third kappa shape index (κ3) is 5.63. The molecule has 0 aliphatic carbocycles. The zero-order valence-corrected chi connectivity index (χ0v) is 13.2. The number of hydrogen-bond donors (Lipinski definition) is 2. The highest BCUT2D eigenvalue weighted by molar-refractivity contribution is 5.79. The largest absolute Gasteiger partial charge is 0.479 e. The van der Waals surface area contributed by atoms with E-state index >= 15 is 0 Å². The molecule has 0 spiro atoms. The Morgan fingerprint density at radius 3 is 2.29 bits per heavy atom. The van der Waals surface area contributed by atoms with Gasteiger partial charge in [-0.2, -0.15) is 0 Å². The number of aliphatic carboxylic acids is 1. The highest BCUT2D eigenvalue weighted by Crippen LogP contribution is 2.22. The molecule has 1 atom stereocenters. The fourth-order valence-corrected chi connectivity index (χ4v) is 2.58. The molecule has 0 aromatic heterocycles. The number of nitrogens with zero attached hydrogens (tertiary/aromatic N) is 1. The highest BCUT2D eigenvalue weighted by atomic mass is 16.5. The maximum Gasteiger partial charge on any atom is 0.335 e. The van der Waals surface area contributed by atoms with Gasteiger partial charge >= 0.3 is 5.97 Å². The summed E-state index contributed by atoms with van der Waals surface area (Å²) in [5, 5.41) is 18.7. The van der Waals surface area contributed by atoms with Crippen molar-refractivity contribution in [2.45, 2.75) is 58.2 Å². The van der Waals surface area contributed by atoms with E-state index in [0.29, 0.717) is 18.9 Å². The Balaban J connectivity index is 2.27. The molecule has 0 saturated carbocycles. The van der Waals surface area contributed by atoms with Crippen LogP contribution in [0.15, 0.2) is 0 Å². The van der Waals surface area contributed by atoms with Gasteiger partial charge in [0.25, 0.3) is 0 Å². The monoisotopic (exact) mass is 301 g/mol. The number of likely N-dealkylation sites (tertiary alicyclic amines) is 1. The molecule has 0 radical (unpaired) electrons. The number of carbonyl (C=O) groups is 2. The molecule has 1 fully saturated rings. The fraction of sp³-hybridized carbons (Fsp3) is 0.867. The fourth-order valence-electron chi connectivity index (χ4n) is 2.58. The van der Waals surface area contributed by atoms with E-state index in [0.717, 1.165) is 6.42 Å². The minimum Gasteiger partial charge on any atom is -0.479 e. The van der Waals surface area contributed by atoms with Crippen LogP contribution in [0.3, 0.4) is 0 Å². The molecule has 1 rings (SSSR count). The second kappa shape index (κ2) is 7.75. The normalized spacial score (nSPS) is 19.6. The first-order valence-corrected chi connectivity index (χ1v) is 7.60. The van der Waals surface area contributed by atoms with Crippen LogP contribution in [0.4, 0.5) is 0 Å². The van der Waals surface area contributed by atoms with E-state index in [4.69, 9.17) is 9.84 Å². The van der Waals surface area contributed by atoms with Crippen molar-refractivity contribution in [3.05, 3.63) is 0 Å². The third-order valence-electron chi connectivity index (χ3n) is 3.86. The number of carbonyl (C=O) groups excluding carboxylic acids is 1.